The third-order valence-corrected chi connectivity index (χ3v) is 4.90. The number of carbonyl (C=O) groups excluding carboxylic acids is 3. The van der Waals surface area contributed by atoms with Crippen LogP contribution in [0.25, 0.3) is 0 Å². The molecular formula is C17H25N3O3S. The number of nitrogens with zero attached hydrogens (tertiary/aromatic N) is 2. The molecule has 0 saturated carbocycles. The summed E-state index contributed by atoms with van der Waals surface area (Å²) in [5.74, 6) is -0.773. The van der Waals surface area contributed by atoms with Crippen LogP contribution in [0, 0.1) is 0 Å². The fraction of sp³-hybridized carbons (Fsp3) is 0.588. The summed E-state index contributed by atoms with van der Waals surface area (Å²) >= 11 is 1.46. The first kappa shape index (κ1) is 18.4. The van der Waals surface area contributed by atoms with Crippen molar-refractivity contribution in [1.82, 2.24) is 15.1 Å². The van der Waals surface area contributed by atoms with Crippen LogP contribution in [-0.2, 0) is 9.59 Å². The van der Waals surface area contributed by atoms with Crippen LogP contribution in [0.15, 0.2) is 11.4 Å². The van der Waals surface area contributed by atoms with Crippen molar-refractivity contribution < 1.29 is 14.4 Å². The maximum atomic E-state index is 12.7. The second-order valence-corrected chi connectivity index (χ2v) is 7.49. The first-order valence-corrected chi connectivity index (χ1v) is 9.15. The molecule has 1 N–H and O–H groups in total. The Bertz CT molecular complexity index is 616. The molecule has 2 rings (SSSR count). The fourth-order valence-corrected chi connectivity index (χ4v) is 3.69. The molecule has 6 nitrogen and oxygen atoms in total. The average Bonchev–Trinajstić information content (AvgIpc) is 3.02. The highest BCUT2D eigenvalue weighted by Gasteiger charge is 2.29. The second-order valence-electron chi connectivity index (χ2n) is 6.57. The van der Waals surface area contributed by atoms with E-state index in [1.165, 1.54) is 16.2 Å². The molecule has 3 amide bonds. The van der Waals surface area contributed by atoms with Gasteiger partial charge in [0.2, 0.25) is 0 Å². The quantitative estimate of drug-likeness (QED) is 0.843. The third kappa shape index (κ3) is 4.14. The van der Waals surface area contributed by atoms with E-state index in [1.54, 1.807) is 4.90 Å². The summed E-state index contributed by atoms with van der Waals surface area (Å²) in [5, 5.41) is 4.55. The van der Waals surface area contributed by atoms with E-state index in [2.05, 4.69) is 19.2 Å². The Kier molecular flexibility index (Phi) is 5.99. The van der Waals surface area contributed by atoms with Crippen molar-refractivity contribution in [2.75, 3.05) is 26.2 Å². The Balaban J connectivity index is 1.95. The Morgan fingerprint density at radius 3 is 2.17 bits per heavy atom. The Morgan fingerprint density at radius 2 is 1.62 bits per heavy atom. The van der Waals surface area contributed by atoms with Crippen molar-refractivity contribution in [1.29, 1.82) is 0 Å². The van der Waals surface area contributed by atoms with Gasteiger partial charge in [0.05, 0.1) is 4.88 Å². The van der Waals surface area contributed by atoms with Crippen LogP contribution in [0.3, 0.4) is 0 Å². The maximum Gasteiger partial charge on any atom is 0.312 e. The molecule has 0 radical (unpaired) electrons. The molecule has 1 aliphatic heterocycles. The van der Waals surface area contributed by atoms with Gasteiger partial charge in [0, 0.05) is 32.2 Å². The molecule has 0 unspecified atom stereocenters. The molecule has 1 saturated heterocycles. The molecule has 0 atom stereocenters. The minimum atomic E-state index is -0.579. The molecule has 0 aliphatic carbocycles. The minimum absolute atomic E-state index is 0.0208. The highest BCUT2D eigenvalue weighted by atomic mass is 32.1. The van der Waals surface area contributed by atoms with Gasteiger partial charge in [-0.05, 0) is 36.8 Å². The molecular weight excluding hydrogens is 326 g/mol. The molecule has 0 bridgehead atoms. The van der Waals surface area contributed by atoms with E-state index < -0.39 is 11.8 Å². The van der Waals surface area contributed by atoms with Gasteiger partial charge in [-0.1, -0.05) is 13.8 Å². The van der Waals surface area contributed by atoms with Crippen molar-refractivity contribution in [2.45, 2.75) is 39.7 Å². The number of nitrogens with one attached hydrogen (secondary N) is 1. The minimum Gasteiger partial charge on any atom is -0.346 e. The van der Waals surface area contributed by atoms with E-state index >= 15 is 0 Å². The van der Waals surface area contributed by atoms with E-state index in [4.69, 9.17) is 0 Å². The van der Waals surface area contributed by atoms with Crippen LogP contribution in [0.1, 0.15) is 48.8 Å². The van der Waals surface area contributed by atoms with E-state index in [1.807, 2.05) is 25.3 Å². The predicted octanol–water partition coefficient (Wildman–Crippen LogP) is 1.68. The second kappa shape index (κ2) is 7.79. The lowest BCUT2D eigenvalue weighted by Crippen LogP contribution is -2.54. The van der Waals surface area contributed by atoms with Gasteiger partial charge in [-0.15, -0.1) is 11.3 Å². The summed E-state index contributed by atoms with van der Waals surface area (Å²) in [6.07, 6.45) is 0. The number of hydrogen-bond acceptors (Lipinski definition) is 4. The summed E-state index contributed by atoms with van der Waals surface area (Å²) in [6.45, 7) is 9.46. The summed E-state index contributed by atoms with van der Waals surface area (Å²) in [7, 11) is 0. The Morgan fingerprint density at radius 1 is 1.04 bits per heavy atom. The van der Waals surface area contributed by atoms with E-state index in [-0.39, 0.29) is 11.9 Å². The smallest absolute Gasteiger partial charge is 0.312 e. The molecule has 24 heavy (non-hydrogen) atoms. The predicted molar refractivity (Wildman–Crippen MR) is 94.2 cm³/mol. The van der Waals surface area contributed by atoms with Crippen LogP contribution >= 0.6 is 11.3 Å². The topological polar surface area (TPSA) is 69.7 Å². The van der Waals surface area contributed by atoms with Crippen LogP contribution in [0.5, 0.6) is 0 Å². The molecule has 1 aliphatic rings. The van der Waals surface area contributed by atoms with Gasteiger partial charge in [-0.3, -0.25) is 14.4 Å². The zero-order chi connectivity index (χ0) is 17.9. The molecule has 0 aromatic carbocycles. The van der Waals surface area contributed by atoms with Crippen molar-refractivity contribution >= 4 is 29.1 Å². The number of thiophene rings is 1. The van der Waals surface area contributed by atoms with Gasteiger partial charge in [0.1, 0.15) is 0 Å². The van der Waals surface area contributed by atoms with Gasteiger partial charge >= 0.3 is 11.8 Å². The first-order chi connectivity index (χ1) is 11.3. The average molecular weight is 351 g/mol. The van der Waals surface area contributed by atoms with Gasteiger partial charge < -0.3 is 15.1 Å². The van der Waals surface area contributed by atoms with Crippen molar-refractivity contribution in [3.63, 3.8) is 0 Å². The van der Waals surface area contributed by atoms with Crippen LogP contribution in [0.2, 0.25) is 0 Å². The molecule has 132 valence electrons. The normalized spacial score (nSPS) is 15.1. The zero-order valence-electron chi connectivity index (χ0n) is 14.7. The molecule has 1 fully saturated rings. The molecule has 0 spiro atoms. The molecule has 1 aromatic heterocycles. The molecule has 2 heterocycles. The van der Waals surface area contributed by atoms with Crippen LogP contribution in [0.4, 0.5) is 0 Å². The lowest BCUT2D eigenvalue weighted by Gasteiger charge is -2.34. The van der Waals surface area contributed by atoms with Crippen molar-refractivity contribution in [2.24, 2.45) is 0 Å². The monoisotopic (exact) mass is 351 g/mol. The Labute approximate surface area is 146 Å². The van der Waals surface area contributed by atoms with Gasteiger partial charge in [0.15, 0.2) is 0 Å². The van der Waals surface area contributed by atoms with Crippen LogP contribution in [-0.4, -0.2) is 59.7 Å². The molecule has 7 heteroatoms. The lowest BCUT2D eigenvalue weighted by atomic mass is 10.0. The number of piperazine rings is 1. The standard InChI is InChI=1S/C17H25N3O3S/c1-11(2)13-5-10-24-14(13)16(22)19-6-8-20(9-7-19)17(23)15(21)18-12(3)4/h5,10-12H,6-9H2,1-4H3,(H,18,21). The summed E-state index contributed by atoms with van der Waals surface area (Å²) in [5.41, 5.74) is 1.07. The van der Waals surface area contributed by atoms with Crippen LogP contribution < -0.4 is 5.32 Å². The summed E-state index contributed by atoms with van der Waals surface area (Å²) in [4.78, 5) is 40.6. The third-order valence-electron chi connectivity index (χ3n) is 3.98. The molecule has 1 aromatic rings. The van der Waals surface area contributed by atoms with Crippen molar-refractivity contribution in [3.8, 4) is 0 Å². The van der Waals surface area contributed by atoms with E-state index in [0.717, 1.165) is 10.4 Å². The number of carbonyl (C=O) groups is 3. The largest absolute Gasteiger partial charge is 0.346 e. The number of amides is 3. The maximum absolute atomic E-state index is 12.7. The first-order valence-electron chi connectivity index (χ1n) is 8.27. The highest BCUT2D eigenvalue weighted by Crippen LogP contribution is 2.26. The highest BCUT2D eigenvalue weighted by molar-refractivity contribution is 7.12. The SMILES string of the molecule is CC(C)NC(=O)C(=O)N1CCN(C(=O)c2sccc2C(C)C)CC1. The van der Waals surface area contributed by atoms with Gasteiger partial charge in [-0.2, -0.15) is 0 Å². The lowest BCUT2D eigenvalue weighted by molar-refractivity contribution is -0.147. The van der Waals surface area contributed by atoms with Gasteiger partial charge in [-0.25, -0.2) is 0 Å². The summed E-state index contributed by atoms with van der Waals surface area (Å²) in [6, 6.07) is 1.93. The number of rotatable bonds is 3. The Hall–Kier alpha value is -1.89. The van der Waals surface area contributed by atoms with E-state index in [9.17, 15) is 14.4 Å². The fourth-order valence-electron chi connectivity index (χ4n) is 2.67. The van der Waals surface area contributed by atoms with Gasteiger partial charge in [0.25, 0.3) is 5.91 Å². The number of hydrogen-bond donors (Lipinski definition) is 1. The van der Waals surface area contributed by atoms with Crippen molar-refractivity contribution in [3.05, 3.63) is 21.9 Å². The zero-order valence-corrected chi connectivity index (χ0v) is 15.5. The summed E-state index contributed by atoms with van der Waals surface area (Å²) < 4.78 is 0. The van der Waals surface area contributed by atoms with E-state index in [0.29, 0.717) is 32.1 Å².